The molecule has 0 amide bonds. The highest BCUT2D eigenvalue weighted by Gasteiger charge is 2.14. The second-order valence-corrected chi connectivity index (χ2v) is 4.81. The summed E-state index contributed by atoms with van der Waals surface area (Å²) in [5.41, 5.74) is 0. The fourth-order valence-electron chi connectivity index (χ4n) is 0.753. The third kappa shape index (κ3) is 2.00. The molecule has 0 bridgehead atoms. The lowest BCUT2D eigenvalue weighted by Gasteiger charge is -1.98. The lowest BCUT2D eigenvalue weighted by molar-refractivity contribution is 0.0943. The number of thiophene rings is 1. The van der Waals surface area contributed by atoms with Crippen LogP contribution in [0.5, 0.6) is 0 Å². The van der Waals surface area contributed by atoms with Crippen LogP contribution in [0.2, 0.25) is 9.36 Å². The van der Waals surface area contributed by atoms with E-state index in [4.69, 9.17) is 23.2 Å². The number of carbonyl (C=O) groups excluding carboxylic acids is 1. The molecule has 12 heavy (non-hydrogen) atoms. The Balaban J connectivity index is 2.97. The van der Waals surface area contributed by atoms with E-state index in [0.29, 0.717) is 14.2 Å². The van der Waals surface area contributed by atoms with E-state index in [-0.39, 0.29) is 11.7 Å². The standard InChI is InChI=1S/C8H8Cl2OS/c1-4(2)7(11)6-3-5(9)8(10)12-6/h3-4H,1-2H3. The van der Waals surface area contributed by atoms with Crippen LogP contribution in [0, 0.1) is 5.92 Å². The van der Waals surface area contributed by atoms with Gasteiger partial charge in [0.25, 0.3) is 0 Å². The Morgan fingerprint density at radius 1 is 1.50 bits per heavy atom. The zero-order chi connectivity index (χ0) is 9.30. The van der Waals surface area contributed by atoms with Gasteiger partial charge >= 0.3 is 0 Å². The summed E-state index contributed by atoms with van der Waals surface area (Å²) in [5, 5.41) is 0.464. The molecular weight excluding hydrogens is 215 g/mol. The summed E-state index contributed by atoms with van der Waals surface area (Å²) in [6.45, 7) is 3.70. The highest BCUT2D eigenvalue weighted by atomic mass is 35.5. The third-order valence-electron chi connectivity index (χ3n) is 1.41. The van der Waals surface area contributed by atoms with Gasteiger partial charge in [-0.15, -0.1) is 11.3 Å². The zero-order valence-corrected chi connectivity index (χ0v) is 9.06. The number of carbonyl (C=O) groups is 1. The largest absolute Gasteiger partial charge is 0.293 e. The average Bonchev–Trinajstić information content (AvgIpc) is 2.30. The van der Waals surface area contributed by atoms with Crippen molar-refractivity contribution in [1.29, 1.82) is 0 Å². The number of rotatable bonds is 2. The van der Waals surface area contributed by atoms with Gasteiger partial charge in [0.15, 0.2) is 5.78 Å². The van der Waals surface area contributed by atoms with Crippen molar-refractivity contribution in [3.05, 3.63) is 20.3 Å². The first-order valence-electron chi connectivity index (χ1n) is 3.51. The monoisotopic (exact) mass is 222 g/mol. The normalized spacial score (nSPS) is 10.8. The molecule has 1 rings (SSSR count). The Morgan fingerprint density at radius 3 is 2.42 bits per heavy atom. The zero-order valence-electron chi connectivity index (χ0n) is 6.73. The average molecular weight is 223 g/mol. The first kappa shape index (κ1) is 10.0. The SMILES string of the molecule is CC(C)C(=O)c1cc(Cl)c(Cl)s1. The van der Waals surface area contributed by atoms with Crippen LogP contribution in [0.1, 0.15) is 23.5 Å². The molecule has 1 nitrogen and oxygen atoms in total. The molecule has 1 aromatic heterocycles. The maximum atomic E-state index is 11.4. The van der Waals surface area contributed by atoms with Crippen molar-refractivity contribution < 1.29 is 4.79 Å². The Hall–Kier alpha value is -0.0500. The molecule has 0 radical (unpaired) electrons. The minimum Gasteiger partial charge on any atom is -0.293 e. The van der Waals surface area contributed by atoms with E-state index in [1.54, 1.807) is 6.07 Å². The van der Waals surface area contributed by atoms with Gasteiger partial charge in [-0.05, 0) is 6.07 Å². The molecule has 0 aliphatic carbocycles. The number of hydrogen-bond donors (Lipinski definition) is 0. The van der Waals surface area contributed by atoms with Crippen LogP contribution >= 0.6 is 34.5 Å². The maximum absolute atomic E-state index is 11.4. The second kappa shape index (κ2) is 3.77. The van der Waals surface area contributed by atoms with E-state index in [0.717, 1.165) is 0 Å². The van der Waals surface area contributed by atoms with Gasteiger partial charge < -0.3 is 0 Å². The summed E-state index contributed by atoms with van der Waals surface area (Å²) in [6.07, 6.45) is 0. The van der Waals surface area contributed by atoms with Crippen molar-refractivity contribution in [1.82, 2.24) is 0 Å². The van der Waals surface area contributed by atoms with Gasteiger partial charge in [-0.1, -0.05) is 37.0 Å². The molecule has 0 aliphatic rings. The summed E-state index contributed by atoms with van der Waals surface area (Å²) < 4.78 is 0.487. The van der Waals surface area contributed by atoms with Crippen LogP contribution in [0.3, 0.4) is 0 Å². The molecule has 1 heterocycles. The summed E-state index contributed by atoms with van der Waals surface area (Å²) in [6, 6.07) is 1.62. The van der Waals surface area contributed by atoms with E-state index < -0.39 is 0 Å². The highest BCUT2D eigenvalue weighted by molar-refractivity contribution is 7.18. The summed E-state index contributed by atoms with van der Waals surface area (Å²) in [7, 11) is 0. The van der Waals surface area contributed by atoms with Crippen LogP contribution in [0.4, 0.5) is 0 Å². The van der Waals surface area contributed by atoms with Crippen LogP contribution in [0.15, 0.2) is 6.07 Å². The smallest absolute Gasteiger partial charge is 0.175 e. The van der Waals surface area contributed by atoms with Crippen molar-refractivity contribution in [2.45, 2.75) is 13.8 Å². The van der Waals surface area contributed by atoms with Gasteiger partial charge in [-0.2, -0.15) is 0 Å². The van der Waals surface area contributed by atoms with E-state index >= 15 is 0 Å². The van der Waals surface area contributed by atoms with E-state index in [1.807, 2.05) is 13.8 Å². The molecule has 0 N–H and O–H groups in total. The van der Waals surface area contributed by atoms with Crippen LogP contribution in [-0.2, 0) is 0 Å². The first-order chi connectivity index (χ1) is 5.52. The van der Waals surface area contributed by atoms with Crippen molar-refractivity contribution in [3.8, 4) is 0 Å². The quantitative estimate of drug-likeness (QED) is 0.695. The molecule has 4 heteroatoms. The molecule has 1 aromatic rings. The molecule has 0 spiro atoms. The molecule has 0 aliphatic heterocycles. The number of Topliss-reactive ketones (excluding diaryl/α,β-unsaturated/α-hetero) is 1. The molecule has 0 saturated heterocycles. The van der Waals surface area contributed by atoms with Crippen molar-refractivity contribution in [2.75, 3.05) is 0 Å². The Kier molecular flexibility index (Phi) is 3.16. The molecule has 66 valence electrons. The number of hydrogen-bond acceptors (Lipinski definition) is 2. The predicted molar refractivity (Wildman–Crippen MR) is 53.5 cm³/mol. The minimum absolute atomic E-state index is 0.00390. The van der Waals surface area contributed by atoms with E-state index in [9.17, 15) is 4.79 Å². The van der Waals surface area contributed by atoms with Gasteiger partial charge in [0.1, 0.15) is 4.34 Å². The van der Waals surface area contributed by atoms with Crippen molar-refractivity contribution in [2.24, 2.45) is 5.92 Å². The van der Waals surface area contributed by atoms with Crippen LogP contribution in [-0.4, -0.2) is 5.78 Å². The van der Waals surface area contributed by atoms with Gasteiger partial charge in [-0.25, -0.2) is 0 Å². The summed E-state index contributed by atoms with van der Waals surface area (Å²) in [5.74, 6) is 0.0876. The first-order valence-corrected chi connectivity index (χ1v) is 5.08. The number of halogens is 2. The molecule has 0 saturated carbocycles. The van der Waals surface area contributed by atoms with E-state index in [1.165, 1.54) is 11.3 Å². The maximum Gasteiger partial charge on any atom is 0.175 e. The molecule has 0 unspecified atom stereocenters. The highest BCUT2D eigenvalue weighted by Crippen LogP contribution is 2.32. The predicted octanol–water partition coefficient (Wildman–Crippen LogP) is 3.89. The molecule has 0 atom stereocenters. The van der Waals surface area contributed by atoms with Crippen LogP contribution < -0.4 is 0 Å². The lowest BCUT2D eigenvalue weighted by Crippen LogP contribution is -2.04. The Bertz CT molecular complexity index is 285. The Labute approximate surface area is 85.3 Å². The third-order valence-corrected chi connectivity index (χ3v) is 3.29. The number of ketones is 1. The molecular formula is C8H8Cl2OS. The fourth-order valence-corrected chi connectivity index (χ4v) is 2.21. The van der Waals surface area contributed by atoms with E-state index in [2.05, 4.69) is 0 Å². The summed E-state index contributed by atoms with van der Waals surface area (Å²) in [4.78, 5) is 12.0. The fraction of sp³-hybridized carbons (Fsp3) is 0.375. The van der Waals surface area contributed by atoms with Gasteiger partial charge in [0.2, 0.25) is 0 Å². The van der Waals surface area contributed by atoms with Crippen LogP contribution in [0.25, 0.3) is 0 Å². The van der Waals surface area contributed by atoms with Crippen molar-refractivity contribution >= 4 is 40.3 Å². The molecule has 0 fully saturated rings. The minimum atomic E-state index is -0.00390. The van der Waals surface area contributed by atoms with Gasteiger partial charge in [0, 0.05) is 5.92 Å². The van der Waals surface area contributed by atoms with Gasteiger partial charge in [-0.3, -0.25) is 4.79 Å². The van der Waals surface area contributed by atoms with Gasteiger partial charge in [0.05, 0.1) is 9.90 Å². The lowest BCUT2D eigenvalue weighted by atomic mass is 10.1. The topological polar surface area (TPSA) is 17.1 Å². The Morgan fingerprint density at radius 2 is 2.08 bits per heavy atom. The second-order valence-electron chi connectivity index (χ2n) is 2.75. The molecule has 0 aromatic carbocycles. The van der Waals surface area contributed by atoms with Crippen molar-refractivity contribution in [3.63, 3.8) is 0 Å². The summed E-state index contributed by atoms with van der Waals surface area (Å²) >= 11 is 12.7.